The van der Waals surface area contributed by atoms with Crippen LogP contribution in [0.5, 0.6) is 0 Å². The van der Waals surface area contributed by atoms with Crippen molar-refractivity contribution in [2.75, 3.05) is 30.5 Å². The molecule has 0 aliphatic heterocycles. The molecule has 0 bridgehead atoms. The van der Waals surface area contributed by atoms with Gasteiger partial charge in [0.05, 0.1) is 5.52 Å². The van der Waals surface area contributed by atoms with Crippen LogP contribution in [-0.2, 0) is 0 Å². The monoisotopic (exact) mass is 276 g/mol. The summed E-state index contributed by atoms with van der Waals surface area (Å²) >= 11 is 1.89. The molecule has 1 heterocycles. The van der Waals surface area contributed by atoms with E-state index in [1.165, 1.54) is 0 Å². The molecule has 5 heteroatoms. The molecular formula is C14H20N4S. The Morgan fingerprint density at radius 2 is 2.05 bits per heavy atom. The lowest BCUT2D eigenvalue weighted by Crippen LogP contribution is -2.10. The first kappa shape index (κ1) is 13.9. The van der Waals surface area contributed by atoms with Crippen molar-refractivity contribution in [3.05, 3.63) is 24.3 Å². The highest BCUT2D eigenvalue weighted by molar-refractivity contribution is 7.99. The summed E-state index contributed by atoms with van der Waals surface area (Å²) in [4.78, 5) is 8.95. The van der Waals surface area contributed by atoms with Gasteiger partial charge in [0.15, 0.2) is 0 Å². The molecule has 0 radical (unpaired) electrons. The number of aromatic nitrogens is 2. The maximum absolute atomic E-state index is 4.50. The molecule has 0 spiro atoms. The molecule has 2 aromatic rings. The minimum atomic E-state index is 0.652. The molecule has 1 unspecified atom stereocenters. The van der Waals surface area contributed by atoms with E-state index in [-0.39, 0.29) is 0 Å². The highest BCUT2D eigenvalue weighted by Crippen LogP contribution is 2.21. The molecule has 4 nitrogen and oxygen atoms in total. The van der Waals surface area contributed by atoms with Crippen LogP contribution in [0.3, 0.4) is 0 Å². The van der Waals surface area contributed by atoms with Crippen molar-refractivity contribution in [2.24, 2.45) is 0 Å². The molecule has 0 amide bonds. The zero-order valence-electron chi connectivity index (χ0n) is 11.6. The Labute approximate surface area is 118 Å². The zero-order valence-corrected chi connectivity index (χ0v) is 12.4. The molecule has 0 saturated carbocycles. The van der Waals surface area contributed by atoms with Crippen molar-refractivity contribution in [3.63, 3.8) is 0 Å². The van der Waals surface area contributed by atoms with Gasteiger partial charge in [-0.3, -0.25) is 0 Å². The Morgan fingerprint density at radius 1 is 1.26 bits per heavy atom. The smallest absolute Gasteiger partial charge is 0.224 e. The van der Waals surface area contributed by atoms with Crippen molar-refractivity contribution >= 4 is 34.4 Å². The molecule has 1 atom stereocenters. The number of fused-ring (bicyclic) bond motifs is 1. The highest BCUT2D eigenvalue weighted by Gasteiger charge is 2.06. The first-order valence-electron chi connectivity index (χ1n) is 6.45. The average Bonchev–Trinajstić information content (AvgIpc) is 2.46. The highest BCUT2D eigenvalue weighted by atomic mass is 32.2. The van der Waals surface area contributed by atoms with Crippen molar-refractivity contribution in [1.82, 2.24) is 9.97 Å². The zero-order chi connectivity index (χ0) is 13.7. The third-order valence-electron chi connectivity index (χ3n) is 3.07. The maximum atomic E-state index is 4.50. The predicted octanol–water partition coefficient (Wildman–Crippen LogP) is 3.23. The number of hydrogen-bond donors (Lipinski definition) is 2. The molecule has 2 rings (SSSR count). The summed E-state index contributed by atoms with van der Waals surface area (Å²) in [5.74, 6) is 1.56. The van der Waals surface area contributed by atoms with Crippen LogP contribution in [0.4, 0.5) is 11.8 Å². The fraction of sp³-hybridized carbons (Fsp3) is 0.429. The second kappa shape index (κ2) is 6.61. The summed E-state index contributed by atoms with van der Waals surface area (Å²) in [6.07, 6.45) is 3.26. The molecule has 19 heavy (non-hydrogen) atoms. The summed E-state index contributed by atoms with van der Waals surface area (Å²) in [6, 6.07) is 8.07. The third kappa shape index (κ3) is 3.50. The number of thioether (sulfide) groups is 1. The minimum absolute atomic E-state index is 0.652. The van der Waals surface area contributed by atoms with Crippen LogP contribution in [-0.4, -0.2) is 35.1 Å². The molecule has 1 aromatic heterocycles. The van der Waals surface area contributed by atoms with Crippen molar-refractivity contribution < 1.29 is 0 Å². The van der Waals surface area contributed by atoms with Gasteiger partial charge in [-0.2, -0.15) is 16.7 Å². The normalized spacial score (nSPS) is 12.4. The van der Waals surface area contributed by atoms with E-state index in [9.17, 15) is 0 Å². The Morgan fingerprint density at radius 3 is 2.79 bits per heavy atom. The molecule has 0 aliphatic carbocycles. The maximum Gasteiger partial charge on any atom is 0.224 e. The van der Waals surface area contributed by atoms with Crippen molar-refractivity contribution in [2.45, 2.75) is 18.6 Å². The van der Waals surface area contributed by atoms with Gasteiger partial charge < -0.3 is 10.6 Å². The Bertz CT molecular complexity index is 544. The molecule has 0 saturated heterocycles. The Kier molecular flexibility index (Phi) is 4.85. The first-order chi connectivity index (χ1) is 9.24. The van der Waals surface area contributed by atoms with Gasteiger partial charge in [0.2, 0.25) is 5.95 Å². The molecule has 102 valence electrons. The second-order valence-electron chi connectivity index (χ2n) is 4.42. The molecule has 0 aliphatic rings. The van der Waals surface area contributed by atoms with E-state index in [2.05, 4.69) is 39.8 Å². The van der Waals surface area contributed by atoms with Crippen LogP contribution in [0.25, 0.3) is 10.9 Å². The number of benzene rings is 1. The predicted molar refractivity (Wildman–Crippen MR) is 85.2 cm³/mol. The molecule has 2 N–H and O–H groups in total. The van der Waals surface area contributed by atoms with Gasteiger partial charge in [-0.05, 0) is 24.8 Å². The van der Waals surface area contributed by atoms with E-state index in [0.29, 0.717) is 11.2 Å². The fourth-order valence-electron chi connectivity index (χ4n) is 1.83. The summed E-state index contributed by atoms with van der Waals surface area (Å²) in [5, 5.41) is 8.15. The van der Waals surface area contributed by atoms with E-state index in [1.807, 2.05) is 37.0 Å². The summed E-state index contributed by atoms with van der Waals surface area (Å²) in [7, 11) is 1.84. The SMILES string of the molecule is CNc1nc(NCCC(C)SC)c2ccccc2n1. The fourth-order valence-corrected chi connectivity index (χ4v) is 2.19. The molecule has 0 fully saturated rings. The van der Waals surface area contributed by atoms with Gasteiger partial charge in [0, 0.05) is 24.2 Å². The standard InChI is InChI=1S/C14H20N4S/c1-10(19-3)8-9-16-13-11-6-4-5-7-12(11)17-14(15-2)18-13/h4-7,10H,8-9H2,1-3H3,(H2,15,16,17,18). The van der Waals surface area contributed by atoms with E-state index in [4.69, 9.17) is 0 Å². The number of nitrogens with zero attached hydrogens (tertiary/aromatic N) is 2. The van der Waals surface area contributed by atoms with Crippen molar-refractivity contribution in [3.8, 4) is 0 Å². The van der Waals surface area contributed by atoms with Crippen LogP contribution in [0.2, 0.25) is 0 Å². The number of para-hydroxylation sites is 1. The van der Waals surface area contributed by atoms with Gasteiger partial charge in [-0.15, -0.1) is 0 Å². The largest absolute Gasteiger partial charge is 0.369 e. The van der Waals surface area contributed by atoms with Crippen LogP contribution in [0.15, 0.2) is 24.3 Å². The lowest BCUT2D eigenvalue weighted by molar-refractivity contribution is 0.851. The number of anilines is 2. The third-order valence-corrected chi connectivity index (χ3v) is 4.11. The topological polar surface area (TPSA) is 49.8 Å². The minimum Gasteiger partial charge on any atom is -0.369 e. The molecular weight excluding hydrogens is 256 g/mol. The van der Waals surface area contributed by atoms with Gasteiger partial charge in [0.25, 0.3) is 0 Å². The van der Waals surface area contributed by atoms with Crippen LogP contribution in [0, 0.1) is 0 Å². The van der Waals surface area contributed by atoms with Crippen molar-refractivity contribution in [1.29, 1.82) is 0 Å². The van der Waals surface area contributed by atoms with E-state index >= 15 is 0 Å². The van der Waals surface area contributed by atoms with Gasteiger partial charge in [0.1, 0.15) is 5.82 Å². The quantitative estimate of drug-likeness (QED) is 0.848. The number of nitrogens with one attached hydrogen (secondary N) is 2. The van der Waals surface area contributed by atoms with Gasteiger partial charge in [-0.1, -0.05) is 19.1 Å². The lowest BCUT2D eigenvalue weighted by Gasteiger charge is -2.12. The number of rotatable bonds is 6. The summed E-state index contributed by atoms with van der Waals surface area (Å²) in [6.45, 7) is 3.16. The van der Waals surface area contributed by atoms with Crippen LogP contribution < -0.4 is 10.6 Å². The van der Waals surface area contributed by atoms with Gasteiger partial charge in [-0.25, -0.2) is 4.98 Å². The second-order valence-corrected chi connectivity index (χ2v) is 5.70. The number of hydrogen-bond acceptors (Lipinski definition) is 5. The van der Waals surface area contributed by atoms with E-state index < -0.39 is 0 Å². The molecule has 1 aromatic carbocycles. The van der Waals surface area contributed by atoms with Crippen LogP contribution >= 0.6 is 11.8 Å². The van der Waals surface area contributed by atoms with Gasteiger partial charge >= 0.3 is 0 Å². The van der Waals surface area contributed by atoms with Crippen LogP contribution in [0.1, 0.15) is 13.3 Å². The summed E-state index contributed by atoms with van der Waals surface area (Å²) < 4.78 is 0. The average molecular weight is 276 g/mol. The van der Waals surface area contributed by atoms with E-state index in [0.717, 1.165) is 29.7 Å². The first-order valence-corrected chi connectivity index (χ1v) is 7.74. The Balaban J connectivity index is 2.20. The lowest BCUT2D eigenvalue weighted by atomic mass is 10.2. The summed E-state index contributed by atoms with van der Waals surface area (Å²) in [5.41, 5.74) is 0.960. The van der Waals surface area contributed by atoms with E-state index in [1.54, 1.807) is 0 Å². The Hall–Kier alpha value is -1.49.